The largest absolute Gasteiger partial charge is 0.383 e. The Morgan fingerprint density at radius 1 is 1.57 bits per heavy atom. The molecule has 0 aliphatic heterocycles. The van der Waals surface area contributed by atoms with Crippen LogP contribution < -0.4 is 10.6 Å². The lowest BCUT2D eigenvalue weighted by Gasteiger charge is -2.16. The summed E-state index contributed by atoms with van der Waals surface area (Å²) >= 11 is 3.10. The van der Waals surface area contributed by atoms with Crippen molar-refractivity contribution >= 4 is 27.7 Å². The molecule has 0 aromatic carbocycles. The molecule has 0 unspecified atom stereocenters. The molecule has 0 spiro atoms. The minimum atomic E-state index is -2.43. The highest BCUT2D eigenvalue weighted by molar-refractivity contribution is 9.10. The van der Waals surface area contributed by atoms with Gasteiger partial charge in [-0.3, -0.25) is 0 Å². The van der Waals surface area contributed by atoms with E-state index in [1.165, 1.54) is 18.0 Å². The number of hydrogen-bond acceptors (Lipinski definition) is 4. The Kier molecular flexibility index (Phi) is 3.56. The van der Waals surface area contributed by atoms with Crippen molar-refractivity contribution in [2.75, 3.05) is 24.2 Å². The first kappa shape index (κ1) is 11.1. The number of aromatic nitrogens is 2. The third kappa shape index (κ3) is 3.06. The van der Waals surface area contributed by atoms with Gasteiger partial charge in [-0.25, -0.2) is 13.8 Å². The molecule has 2 N–H and O–H groups in total. The number of nitrogens with zero attached hydrogens (tertiary/aromatic N) is 3. The van der Waals surface area contributed by atoms with Crippen molar-refractivity contribution in [1.82, 2.24) is 9.97 Å². The van der Waals surface area contributed by atoms with E-state index in [9.17, 15) is 8.78 Å². The van der Waals surface area contributed by atoms with E-state index in [0.717, 1.165) is 0 Å². The van der Waals surface area contributed by atoms with Gasteiger partial charge in [0.25, 0.3) is 6.43 Å². The topological polar surface area (TPSA) is 55.0 Å². The van der Waals surface area contributed by atoms with Crippen LogP contribution in [-0.2, 0) is 0 Å². The summed E-state index contributed by atoms with van der Waals surface area (Å²) in [6.07, 6.45) is -2.43. The summed E-state index contributed by atoms with van der Waals surface area (Å²) in [6.45, 7) is -0.421. The van der Waals surface area contributed by atoms with Crippen molar-refractivity contribution in [3.63, 3.8) is 0 Å². The second kappa shape index (κ2) is 4.50. The Labute approximate surface area is 88.3 Å². The maximum atomic E-state index is 12.0. The molecular formula is C7H9BrF2N4. The van der Waals surface area contributed by atoms with Gasteiger partial charge in [0.2, 0.25) is 5.95 Å². The zero-order valence-corrected chi connectivity index (χ0v) is 9.00. The number of hydrogen-bond donors (Lipinski definition) is 1. The zero-order valence-electron chi connectivity index (χ0n) is 7.41. The first-order valence-electron chi connectivity index (χ1n) is 3.78. The second-order valence-corrected chi connectivity index (χ2v) is 3.50. The molecule has 1 rings (SSSR count). The smallest absolute Gasteiger partial charge is 0.255 e. The molecule has 14 heavy (non-hydrogen) atoms. The highest BCUT2D eigenvalue weighted by Gasteiger charge is 2.11. The molecule has 0 bridgehead atoms. The summed E-state index contributed by atoms with van der Waals surface area (Å²) < 4.78 is 24.5. The van der Waals surface area contributed by atoms with E-state index >= 15 is 0 Å². The number of halogens is 3. The van der Waals surface area contributed by atoms with Crippen molar-refractivity contribution in [2.24, 2.45) is 0 Å². The Hall–Kier alpha value is -0.980. The highest BCUT2D eigenvalue weighted by Crippen LogP contribution is 2.15. The molecule has 0 saturated heterocycles. The molecule has 1 heterocycles. The van der Waals surface area contributed by atoms with E-state index in [0.29, 0.717) is 4.60 Å². The Morgan fingerprint density at radius 2 is 2.21 bits per heavy atom. The van der Waals surface area contributed by atoms with Crippen LogP contribution in [0, 0.1) is 0 Å². The predicted octanol–water partition coefficient (Wildman–Crippen LogP) is 1.52. The minimum absolute atomic E-state index is 0.178. The van der Waals surface area contributed by atoms with Gasteiger partial charge in [-0.05, 0) is 15.9 Å². The molecular weight excluding hydrogens is 258 g/mol. The molecule has 0 fully saturated rings. The molecule has 0 aliphatic carbocycles. The van der Waals surface area contributed by atoms with Gasteiger partial charge in [0, 0.05) is 13.1 Å². The molecule has 7 heteroatoms. The summed E-state index contributed by atoms with van der Waals surface area (Å²) in [6, 6.07) is 1.50. The van der Waals surface area contributed by atoms with Crippen LogP contribution in [0.15, 0.2) is 10.7 Å². The number of rotatable bonds is 3. The first-order chi connectivity index (χ1) is 6.49. The van der Waals surface area contributed by atoms with Crippen LogP contribution >= 0.6 is 15.9 Å². The maximum Gasteiger partial charge on any atom is 0.255 e. The average molecular weight is 267 g/mol. The van der Waals surface area contributed by atoms with E-state index in [1.54, 1.807) is 0 Å². The van der Waals surface area contributed by atoms with Gasteiger partial charge < -0.3 is 10.6 Å². The van der Waals surface area contributed by atoms with E-state index in [4.69, 9.17) is 5.73 Å². The molecule has 0 atom stereocenters. The lowest BCUT2D eigenvalue weighted by molar-refractivity contribution is 0.156. The van der Waals surface area contributed by atoms with Gasteiger partial charge in [0.05, 0.1) is 6.54 Å². The van der Waals surface area contributed by atoms with Gasteiger partial charge in [0.15, 0.2) is 0 Å². The third-order valence-electron chi connectivity index (χ3n) is 1.46. The molecule has 0 aliphatic rings. The number of anilines is 2. The lowest BCUT2D eigenvalue weighted by Crippen LogP contribution is -2.26. The second-order valence-electron chi connectivity index (χ2n) is 2.69. The monoisotopic (exact) mass is 266 g/mol. The summed E-state index contributed by atoms with van der Waals surface area (Å²) in [5, 5.41) is 0. The molecule has 1 aromatic rings. The van der Waals surface area contributed by atoms with Crippen molar-refractivity contribution < 1.29 is 8.78 Å². The Bertz CT molecular complexity index is 300. The van der Waals surface area contributed by atoms with Crippen LogP contribution in [0.5, 0.6) is 0 Å². The van der Waals surface area contributed by atoms with Crippen LogP contribution in [0.2, 0.25) is 0 Å². The molecule has 0 saturated carbocycles. The van der Waals surface area contributed by atoms with Gasteiger partial charge in [-0.1, -0.05) is 0 Å². The van der Waals surface area contributed by atoms with Crippen LogP contribution in [0.3, 0.4) is 0 Å². The molecule has 1 aromatic heterocycles. The third-order valence-corrected chi connectivity index (χ3v) is 1.86. The summed E-state index contributed by atoms with van der Waals surface area (Å²) in [7, 11) is 1.48. The molecule has 4 nitrogen and oxygen atoms in total. The Morgan fingerprint density at radius 3 is 2.71 bits per heavy atom. The molecule has 0 radical (unpaired) electrons. The fraction of sp³-hybridized carbons (Fsp3) is 0.429. The van der Waals surface area contributed by atoms with Crippen molar-refractivity contribution in [3.8, 4) is 0 Å². The van der Waals surface area contributed by atoms with Gasteiger partial charge in [-0.2, -0.15) is 4.98 Å². The first-order valence-corrected chi connectivity index (χ1v) is 4.57. The number of nitrogen functional groups attached to an aromatic ring is 1. The molecule has 0 amide bonds. The lowest BCUT2D eigenvalue weighted by atomic mass is 10.5. The van der Waals surface area contributed by atoms with Gasteiger partial charge in [0.1, 0.15) is 10.4 Å². The average Bonchev–Trinajstić information content (AvgIpc) is 2.00. The van der Waals surface area contributed by atoms with Crippen molar-refractivity contribution in [3.05, 3.63) is 10.7 Å². The zero-order chi connectivity index (χ0) is 10.7. The van der Waals surface area contributed by atoms with Gasteiger partial charge >= 0.3 is 0 Å². The summed E-state index contributed by atoms with van der Waals surface area (Å²) in [4.78, 5) is 8.96. The Balaban J connectivity index is 2.84. The molecule has 78 valence electrons. The highest BCUT2D eigenvalue weighted by atomic mass is 79.9. The summed E-state index contributed by atoms with van der Waals surface area (Å²) in [5.74, 6) is 0.417. The summed E-state index contributed by atoms with van der Waals surface area (Å²) in [5.41, 5.74) is 5.43. The normalized spacial score (nSPS) is 10.6. The van der Waals surface area contributed by atoms with Crippen LogP contribution in [0.25, 0.3) is 0 Å². The van der Waals surface area contributed by atoms with Crippen LogP contribution in [0.4, 0.5) is 20.5 Å². The van der Waals surface area contributed by atoms with E-state index in [-0.39, 0.29) is 11.8 Å². The number of alkyl halides is 2. The number of nitrogens with two attached hydrogens (primary N) is 1. The van der Waals surface area contributed by atoms with E-state index < -0.39 is 13.0 Å². The SMILES string of the molecule is CN(CC(F)F)c1nc(N)cc(Br)n1. The van der Waals surface area contributed by atoms with E-state index in [2.05, 4.69) is 25.9 Å². The standard InChI is InChI=1S/C7H9BrF2N4/c1-14(3-5(9)10)7-12-4(8)2-6(11)13-7/h2,5H,3H2,1H3,(H2,11,12,13). The van der Waals surface area contributed by atoms with E-state index in [1.807, 2.05) is 0 Å². The van der Waals surface area contributed by atoms with Crippen molar-refractivity contribution in [1.29, 1.82) is 0 Å². The minimum Gasteiger partial charge on any atom is -0.383 e. The van der Waals surface area contributed by atoms with Crippen molar-refractivity contribution in [2.45, 2.75) is 6.43 Å². The fourth-order valence-electron chi connectivity index (χ4n) is 0.882. The quantitative estimate of drug-likeness (QED) is 0.843. The maximum absolute atomic E-state index is 12.0. The predicted molar refractivity (Wildman–Crippen MR) is 53.4 cm³/mol. The fourth-order valence-corrected chi connectivity index (χ4v) is 1.28. The van der Waals surface area contributed by atoms with Gasteiger partial charge in [-0.15, -0.1) is 0 Å². The van der Waals surface area contributed by atoms with Crippen LogP contribution in [0.1, 0.15) is 0 Å². The van der Waals surface area contributed by atoms with Crippen LogP contribution in [-0.4, -0.2) is 30.0 Å².